The van der Waals surface area contributed by atoms with Crippen LogP contribution in [-0.2, 0) is 71.6 Å². The van der Waals surface area contributed by atoms with Gasteiger partial charge in [-0.1, -0.05) is 180 Å². The summed E-state index contributed by atoms with van der Waals surface area (Å²) in [6.45, 7) is 11.8. The molecular formula is C78H70Cl2N4O10. The van der Waals surface area contributed by atoms with Crippen LogP contribution in [0.15, 0.2) is 194 Å². The molecule has 0 fully saturated rings. The predicted molar refractivity (Wildman–Crippen MR) is 363 cm³/mol. The maximum Gasteiger partial charge on any atom is 0.315 e. The smallest absolute Gasteiger partial charge is 0.315 e. The lowest BCUT2D eigenvalue weighted by Crippen LogP contribution is -2.58. The molecule has 0 saturated carbocycles. The number of para-hydroxylation sites is 2. The summed E-state index contributed by atoms with van der Waals surface area (Å²) in [5, 5.41) is 2.56. The number of H-pyrrole nitrogens is 2. The van der Waals surface area contributed by atoms with Crippen molar-refractivity contribution in [3.8, 4) is 0 Å². The zero-order chi connectivity index (χ0) is 65.7. The second-order valence-electron chi connectivity index (χ2n) is 24.4. The number of ether oxygens (including phenoxy) is 4. The minimum Gasteiger partial charge on any atom is -0.466 e. The number of halogens is 2. The van der Waals surface area contributed by atoms with Crippen LogP contribution in [0.3, 0.4) is 0 Å². The average Bonchev–Trinajstić information content (AvgIpc) is 1.47. The summed E-state index contributed by atoms with van der Waals surface area (Å²) in [5.74, 6) is -9.36. The predicted octanol–water partition coefficient (Wildman–Crippen LogP) is 15.2. The molecule has 14 nitrogen and oxygen atoms in total. The molecule has 0 unspecified atom stereocenters. The summed E-state index contributed by atoms with van der Waals surface area (Å²) in [6, 6.07) is 61.9. The highest BCUT2D eigenvalue weighted by Gasteiger charge is 2.71. The standard InChI is InChI=1S/2C39H35ClN2O5/c2*1-4-46-36(43)32-34(37(44)47-5-2)39(28-21-26(40)19-20-30(28)42(38(39)45)22-24-11-7-6-8-12-24)33(25-17-15-23(3)16-18-25)31-27-13-9-10-14-29(27)41-35(31)32/h2*6-21,32-34,41H,4-5,22H2,1-3H3/t2*32-,33-,34-,39+/m10/s1. The quantitative estimate of drug-likeness (QED) is 0.0787. The van der Waals surface area contributed by atoms with Gasteiger partial charge < -0.3 is 38.7 Å². The SMILES string of the molecule is CCOC(=O)[C@@H]1c2[nH]c3ccccc3c2[C@H](c2ccc(C)cc2)[C@@]2(C(=O)N(Cc3ccccc3)c3ccc(Cl)cc32)[C@@H]1C(=O)OCC.CCOC(=O)[C@H]1c2[nH]c3ccccc3c2[C@@H](c2ccc(C)cc2)[C@]2(C(=O)N(Cc3ccccc3)c3ccc(Cl)cc32)[C@H]1C(=O)OCC. The van der Waals surface area contributed by atoms with Gasteiger partial charge in [-0.2, -0.15) is 0 Å². The molecule has 2 aliphatic carbocycles. The first-order valence-corrected chi connectivity index (χ1v) is 32.7. The van der Waals surface area contributed by atoms with Gasteiger partial charge in [0.25, 0.3) is 0 Å². The van der Waals surface area contributed by atoms with E-state index in [1.807, 2.05) is 184 Å². The molecule has 0 saturated heterocycles. The molecule has 476 valence electrons. The number of hydrogen-bond donors (Lipinski definition) is 2. The van der Waals surface area contributed by atoms with E-state index in [0.717, 1.165) is 66.3 Å². The molecule has 2 aromatic heterocycles. The number of hydrogen-bond acceptors (Lipinski definition) is 10. The number of aryl methyl sites for hydroxylation is 2. The van der Waals surface area contributed by atoms with Crippen molar-refractivity contribution < 1.29 is 47.7 Å². The number of carbonyl (C=O) groups excluding carboxylic acids is 6. The van der Waals surface area contributed by atoms with Crippen LogP contribution in [0.25, 0.3) is 21.8 Å². The highest BCUT2D eigenvalue weighted by molar-refractivity contribution is 6.31. The van der Waals surface area contributed by atoms with Gasteiger partial charge in [-0.05, 0) is 135 Å². The molecule has 2 amide bonds. The van der Waals surface area contributed by atoms with Crippen LogP contribution in [0.4, 0.5) is 11.4 Å². The zero-order valence-electron chi connectivity index (χ0n) is 52.9. The summed E-state index contributed by atoms with van der Waals surface area (Å²) in [4.78, 5) is 99.6. The Labute approximate surface area is 555 Å². The number of aromatic nitrogens is 2. The lowest BCUT2D eigenvalue weighted by atomic mass is 9.51. The molecule has 14 rings (SSSR count). The fourth-order valence-corrected chi connectivity index (χ4v) is 16.0. The number of nitrogens with one attached hydrogen (secondary N) is 2. The van der Waals surface area contributed by atoms with Crippen LogP contribution in [0.5, 0.6) is 0 Å². The van der Waals surface area contributed by atoms with Crippen molar-refractivity contribution in [3.63, 3.8) is 0 Å². The van der Waals surface area contributed by atoms with Crippen molar-refractivity contribution in [2.75, 3.05) is 36.2 Å². The zero-order valence-corrected chi connectivity index (χ0v) is 54.4. The van der Waals surface area contributed by atoms with Crippen molar-refractivity contribution >= 4 is 92.1 Å². The Kier molecular flexibility index (Phi) is 17.2. The van der Waals surface area contributed by atoms with Crippen LogP contribution in [0.2, 0.25) is 10.0 Å². The third kappa shape index (κ3) is 10.2. The van der Waals surface area contributed by atoms with E-state index in [2.05, 4.69) is 9.97 Å². The van der Waals surface area contributed by atoms with Gasteiger partial charge in [0.15, 0.2) is 0 Å². The Morgan fingerprint density at radius 2 is 0.777 bits per heavy atom. The molecule has 0 radical (unpaired) electrons. The number of aromatic amines is 2. The van der Waals surface area contributed by atoms with Gasteiger partial charge in [-0.25, -0.2) is 0 Å². The third-order valence-corrected chi connectivity index (χ3v) is 19.7. The van der Waals surface area contributed by atoms with E-state index in [9.17, 15) is 19.2 Å². The molecule has 2 spiro atoms. The number of benzene rings is 8. The van der Waals surface area contributed by atoms with E-state index in [0.29, 0.717) is 43.9 Å². The first-order chi connectivity index (χ1) is 45.6. The first kappa shape index (κ1) is 63.0. The molecule has 8 atom stereocenters. The lowest BCUT2D eigenvalue weighted by Gasteiger charge is -2.48. The third-order valence-electron chi connectivity index (χ3n) is 19.3. The molecule has 8 aromatic carbocycles. The molecule has 16 heteroatoms. The van der Waals surface area contributed by atoms with E-state index in [-0.39, 0.29) is 51.3 Å². The normalized spacial score (nSPS) is 21.5. The monoisotopic (exact) mass is 1290 g/mol. The number of anilines is 2. The van der Waals surface area contributed by atoms with E-state index in [1.54, 1.807) is 61.8 Å². The van der Waals surface area contributed by atoms with Gasteiger partial charge in [0, 0.05) is 66.4 Å². The summed E-state index contributed by atoms with van der Waals surface area (Å²) in [5.41, 5.74) is 9.07. The minimum absolute atomic E-state index is 0.0695. The fourth-order valence-electron chi connectivity index (χ4n) is 15.7. The highest BCUT2D eigenvalue weighted by Crippen LogP contribution is 2.67. The number of esters is 4. The highest BCUT2D eigenvalue weighted by atomic mass is 35.5. The van der Waals surface area contributed by atoms with E-state index in [1.165, 1.54) is 0 Å². The van der Waals surface area contributed by atoms with Gasteiger partial charge in [0.2, 0.25) is 11.8 Å². The molecule has 4 heterocycles. The number of nitrogens with zero attached hydrogens (tertiary/aromatic N) is 2. The molecule has 2 aliphatic heterocycles. The van der Waals surface area contributed by atoms with Gasteiger partial charge in [-0.3, -0.25) is 28.8 Å². The van der Waals surface area contributed by atoms with Crippen LogP contribution in [0.1, 0.15) is 118 Å². The number of amides is 2. The second kappa shape index (κ2) is 25.6. The summed E-state index contributed by atoms with van der Waals surface area (Å²) < 4.78 is 23.0. The van der Waals surface area contributed by atoms with Gasteiger partial charge >= 0.3 is 23.9 Å². The molecule has 0 bridgehead atoms. The van der Waals surface area contributed by atoms with Crippen LogP contribution < -0.4 is 9.80 Å². The Morgan fingerprint density at radius 3 is 1.14 bits per heavy atom. The average molecular weight is 1290 g/mol. The van der Waals surface area contributed by atoms with E-state index in [4.69, 9.17) is 42.1 Å². The Morgan fingerprint density at radius 1 is 0.436 bits per heavy atom. The van der Waals surface area contributed by atoms with Crippen LogP contribution in [-0.4, -0.2) is 72.1 Å². The minimum atomic E-state index is -1.62. The van der Waals surface area contributed by atoms with Crippen molar-refractivity contribution in [3.05, 3.63) is 271 Å². The first-order valence-electron chi connectivity index (χ1n) is 31.9. The van der Waals surface area contributed by atoms with E-state index < -0.39 is 70.2 Å². The fraction of sp³-hybridized carbons (Fsp3) is 0.256. The lowest BCUT2D eigenvalue weighted by molar-refractivity contribution is -0.163. The van der Waals surface area contributed by atoms with Crippen LogP contribution in [0, 0.1) is 25.7 Å². The Balaban J connectivity index is 0.000000171. The number of fused-ring (bicyclic) bond motifs is 10. The number of carbonyl (C=O) groups is 6. The van der Waals surface area contributed by atoms with Gasteiger partial charge in [0.05, 0.1) is 51.4 Å². The van der Waals surface area contributed by atoms with Crippen molar-refractivity contribution in [2.45, 2.75) is 89.1 Å². The molecular weight excluding hydrogens is 1220 g/mol. The Bertz CT molecular complexity index is 4300. The maximum atomic E-state index is 15.7. The van der Waals surface area contributed by atoms with E-state index >= 15 is 9.59 Å². The van der Waals surface area contributed by atoms with Gasteiger partial charge in [-0.15, -0.1) is 0 Å². The maximum absolute atomic E-state index is 15.7. The largest absolute Gasteiger partial charge is 0.466 e. The number of rotatable bonds is 14. The van der Waals surface area contributed by atoms with Crippen molar-refractivity contribution in [1.29, 1.82) is 0 Å². The molecule has 94 heavy (non-hydrogen) atoms. The van der Waals surface area contributed by atoms with Crippen molar-refractivity contribution in [1.82, 2.24) is 9.97 Å². The molecule has 4 aliphatic rings. The summed E-state index contributed by atoms with van der Waals surface area (Å²) in [7, 11) is 0. The summed E-state index contributed by atoms with van der Waals surface area (Å²) >= 11 is 13.5. The van der Waals surface area contributed by atoms with Gasteiger partial charge in [0.1, 0.15) is 22.7 Å². The molecule has 2 N–H and O–H groups in total. The molecule has 10 aromatic rings. The Hall–Kier alpha value is -9.76. The van der Waals surface area contributed by atoms with Crippen molar-refractivity contribution in [2.24, 2.45) is 11.8 Å². The second-order valence-corrected chi connectivity index (χ2v) is 25.3. The summed E-state index contributed by atoms with van der Waals surface area (Å²) in [6.07, 6.45) is 0. The van der Waals surface area contributed by atoms with Crippen LogP contribution >= 0.6 is 23.2 Å². The topological polar surface area (TPSA) is 177 Å².